The summed E-state index contributed by atoms with van der Waals surface area (Å²) in [7, 11) is 0. The van der Waals surface area contributed by atoms with Gasteiger partial charge in [0.1, 0.15) is 11.2 Å². The Bertz CT molecular complexity index is 571. The third-order valence-corrected chi connectivity index (χ3v) is 4.01. The number of fused-ring (bicyclic) bond motifs is 1. The second-order valence-corrected chi connectivity index (χ2v) is 6.03. The Balaban J connectivity index is 2.59. The lowest BCUT2D eigenvalue weighted by Crippen LogP contribution is -2.55. The van der Waals surface area contributed by atoms with Crippen LogP contribution in [-0.2, 0) is 11.2 Å². The Morgan fingerprint density at radius 1 is 1.50 bits per heavy atom. The van der Waals surface area contributed by atoms with Gasteiger partial charge >= 0.3 is 12.1 Å². The van der Waals surface area contributed by atoms with Gasteiger partial charge in [-0.3, -0.25) is 4.79 Å². The highest BCUT2D eigenvalue weighted by atomic mass is 79.9. The van der Waals surface area contributed by atoms with Crippen LogP contribution in [0.4, 0.5) is 13.2 Å². The Kier molecular flexibility index (Phi) is 3.52. The second kappa shape index (κ2) is 4.65. The summed E-state index contributed by atoms with van der Waals surface area (Å²) in [5.41, 5.74) is -0.766. The van der Waals surface area contributed by atoms with E-state index >= 15 is 0 Å². The molecule has 2 rings (SSSR count). The highest BCUT2D eigenvalue weighted by Gasteiger charge is 2.59. The Morgan fingerprint density at radius 2 is 2.10 bits per heavy atom. The van der Waals surface area contributed by atoms with E-state index in [0.717, 1.165) is 12.5 Å². The lowest BCUT2D eigenvalue weighted by Gasteiger charge is -2.40. The number of halogens is 4. The van der Waals surface area contributed by atoms with Gasteiger partial charge < -0.3 is 9.84 Å². The van der Waals surface area contributed by atoms with Crippen molar-refractivity contribution in [1.29, 1.82) is 0 Å². The van der Waals surface area contributed by atoms with Gasteiger partial charge in [0, 0.05) is 0 Å². The standard InChI is InChI=1S/C13H12BrF3O3/c1-6-3-7-5-12(2,11(18)19)10(13(15,16)17)20-9(7)8(14)4-6/h3-4,10H,5H2,1-2H3,(H,18,19). The molecule has 0 saturated heterocycles. The molecular formula is C13H12BrF3O3. The molecule has 0 amide bonds. The molecule has 1 aliphatic rings. The SMILES string of the molecule is Cc1cc(Br)c2c(c1)CC(C)(C(=O)O)C(C(F)(F)F)O2. The maximum atomic E-state index is 13.1. The van der Waals surface area contributed by atoms with Gasteiger partial charge in [0.05, 0.1) is 4.47 Å². The number of carboxylic acid groups (broad SMARTS) is 1. The third kappa shape index (κ3) is 2.39. The van der Waals surface area contributed by atoms with Gasteiger partial charge in [-0.1, -0.05) is 6.07 Å². The van der Waals surface area contributed by atoms with Crippen LogP contribution in [0.25, 0.3) is 0 Å². The lowest BCUT2D eigenvalue weighted by molar-refractivity contribution is -0.235. The number of hydrogen-bond acceptors (Lipinski definition) is 2. The summed E-state index contributed by atoms with van der Waals surface area (Å²) < 4.78 is 44.7. The minimum atomic E-state index is -4.75. The molecule has 1 aromatic carbocycles. The predicted octanol–water partition coefficient (Wildman–Crippen LogP) is 3.71. The van der Waals surface area contributed by atoms with Gasteiger partial charge in [-0.2, -0.15) is 13.2 Å². The van der Waals surface area contributed by atoms with Crippen molar-refractivity contribution in [2.24, 2.45) is 5.41 Å². The van der Waals surface area contributed by atoms with E-state index in [1.807, 2.05) is 0 Å². The van der Waals surface area contributed by atoms with Crippen LogP contribution in [0.1, 0.15) is 18.1 Å². The van der Waals surface area contributed by atoms with Crippen LogP contribution in [0.15, 0.2) is 16.6 Å². The van der Waals surface area contributed by atoms with Crippen molar-refractivity contribution >= 4 is 21.9 Å². The molecule has 2 atom stereocenters. The third-order valence-electron chi connectivity index (χ3n) is 3.42. The summed E-state index contributed by atoms with van der Waals surface area (Å²) in [6.45, 7) is 2.84. The molecule has 0 aliphatic carbocycles. The summed E-state index contributed by atoms with van der Waals surface area (Å²) in [4.78, 5) is 11.3. The van der Waals surface area contributed by atoms with Gasteiger partial charge in [0.2, 0.25) is 6.10 Å². The number of benzene rings is 1. The van der Waals surface area contributed by atoms with Crippen LogP contribution in [0, 0.1) is 12.3 Å². The summed E-state index contributed by atoms with van der Waals surface area (Å²) >= 11 is 3.16. The number of aryl methyl sites for hydroxylation is 1. The van der Waals surface area contributed by atoms with Crippen molar-refractivity contribution in [2.75, 3.05) is 0 Å². The van der Waals surface area contributed by atoms with E-state index in [0.29, 0.717) is 10.0 Å². The molecule has 1 aromatic rings. The molecule has 110 valence electrons. The summed E-state index contributed by atoms with van der Waals surface area (Å²) in [5.74, 6) is -1.46. The predicted molar refractivity (Wildman–Crippen MR) is 68.8 cm³/mol. The van der Waals surface area contributed by atoms with Gasteiger partial charge in [-0.05, 0) is 53.4 Å². The van der Waals surface area contributed by atoms with E-state index in [1.165, 1.54) is 0 Å². The highest BCUT2D eigenvalue weighted by Crippen LogP contribution is 2.47. The Morgan fingerprint density at radius 3 is 2.60 bits per heavy atom. The fourth-order valence-corrected chi connectivity index (χ4v) is 3.13. The van der Waals surface area contributed by atoms with Crippen LogP contribution in [0.3, 0.4) is 0 Å². The average molecular weight is 353 g/mol. The first-order valence-corrected chi connectivity index (χ1v) is 6.61. The number of carbonyl (C=O) groups is 1. The normalized spacial score (nSPS) is 25.8. The zero-order chi connectivity index (χ0) is 15.3. The first-order valence-electron chi connectivity index (χ1n) is 5.81. The van der Waals surface area contributed by atoms with Crippen molar-refractivity contribution in [2.45, 2.75) is 32.5 Å². The molecule has 0 bridgehead atoms. The van der Waals surface area contributed by atoms with Crippen LogP contribution < -0.4 is 4.74 Å². The molecule has 2 unspecified atom stereocenters. The van der Waals surface area contributed by atoms with Crippen LogP contribution in [-0.4, -0.2) is 23.4 Å². The molecule has 3 nitrogen and oxygen atoms in total. The monoisotopic (exact) mass is 352 g/mol. The van der Waals surface area contributed by atoms with Crippen molar-refractivity contribution < 1.29 is 27.8 Å². The average Bonchev–Trinajstić information content (AvgIpc) is 2.25. The number of alkyl halides is 3. The second-order valence-electron chi connectivity index (χ2n) is 5.17. The van der Waals surface area contributed by atoms with Crippen molar-refractivity contribution in [3.05, 3.63) is 27.7 Å². The van der Waals surface area contributed by atoms with Gasteiger partial charge in [-0.15, -0.1) is 0 Å². The van der Waals surface area contributed by atoms with Crippen molar-refractivity contribution in [3.63, 3.8) is 0 Å². The molecule has 1 heterocycles. The fraction of sp³-hybridized carbons (Fsp3) is 0.462. The largest absolute Gasteiger partial charge is 0.481 e. The fourth-order valence-electron chi connectivity index (χ4n) is 2.42. The topological polar surface area (TPSA) is 46.5 Å². The molecule has 1 aliphatic heterocycles. The number of aliphatic carboxylic acids is 1. The first kappa shape index (κ1) is 15.2. The van der Waals surface area contributed by atoms with Crippen LogP contribution in [0.5, 0.6) is 5.75 Å². The molecule has 0 spiro atoms. The Hall–Kier alpha value is -1.24. The highest BCUT2D eigenvalue weighted by molar-refractivity contribution is 9.10. The smallest absolute Gasteiger partial charge is 0.426 e. The van der Waals surface area contributed by atoms with Crippen LogP contribution >= 0.6 is 15.9 Å². The van der Waals surface area contributed by atoms with Crippen LogP contribution in [0.2, 0.25) is 0 Å². The maximum Gasteiger partial charge on any atom is 0.426 e. The molecule has 0 aromatic heterocycles. The van der Waals surface area contributed by atoms with Crippen molar-refractivity contribution in [3.8, 4) is 5.75 Å². The van der Waals surface area contributed by atoms with E-state index in [4.69, 9.17) is 4.74 Å². The van der Waals surface area contributed by atoms with Gasteiger partial charge in [0.15, 0.2) is 0 Å². The number of ether oxygens (including phenoxy) is 1. The molecule has 1 N–H and O–H groups in total. The quantitative estimate of drug-likeness (QED) is 0.837. The van der Waals surface area contributed by atoms with E-state index in [9.17, 15) is 23.1 Å². The number of rotatable bonds is 1. The number of hydrogen-bond donors (Lipinski definition) is 1. The first-order chi connectivity index (χ1) is 9.05. The summed E-state index contributed by atoms with van der Waals surface area (Å²) in [6.07, 6.45) is -7.36. The lowest BCUT2D eigenvalue weighted by atomic mass is 9.76. The number of carboxylic acids is 1. The van der Waals surface area contributed by atoms with E-state index < -0.39 is 23.7 Å². The van der Waals surface area contributed by atoms with Crippen molar-refractivity contribution in [1.82, 2.24) is 0 Å². The molecule has 20 heavy (non-hydrogen) atoms. The molecule has 7 heteroatoms. The zero-order valence-corrected chi connectivity index (χ0v) is 12.3. The van der Waals surface area contributed by atoms with E-state index in [1.54, 1.807) is 19.1 Å². The summed E-state index contributed by atoms with van der Waals surface area (Å²) in [5, 5.41) is 9.20. The van der Waals surface area contributed by atoms with E-state index in [2.05, 4.69) is 15.9 Å². The summed E-state index contributed by atoms with van der Waals surface area (Å²) in [6, 6.07) is 3.28. The van der Waals surface area contributed by atoms with E-state index in [-0.39, 0.29) is 12.2 Å². The maximum absolute atomic E-state index is 13.1. The molecule has 0 fully saturated rings. The zero-order valence-electron chi connectivity index (χ0n) is 10.7. The minimum Gasteiger partial charge on any atom is -0.481 e. The molecule has 0 saturated carbocycles. The van der Waals surface area contributed by atoms with Gasteiger partial charge in [0.25, 0.3) is 0 Å². The molecular weight excluding hydrogens is 341 g/mol. The Labute approximate surface area is 121 Å². The minimum absolute atomic E-state index is 0.0663. The van der Waals surface area contributed by atoms with Gasteiger partial charge in [-0.25, -0.2) is 0 Å². The molecule has 0 radical (unpaired) electrons.